The third-order valence-electron chi connectivity index (χ3n) is 4.72. The topological polar surface area (TPSA) is 87.7 Å². The third-order valence-corrected chi connectivity index (χ3v) is 5.47. The second-order valence-electron chi connectivity index (χ2n) is 6.61. The van der Waals surface area contributed by atoms with E-state index in [0.717, 1.165) is 16.2 Å². The predicted molar refractivity (Wildman–Crippen MR) is 131 cm³/mol. The van der Waals surface area contributed by atoms with Crippen LogP contribution in [0.3, 0.4) is 0 Å². The van der Waals surface area contributed by atoms with Crippen molar-refractivity contribution in [3.8, 4) is 17.0 Å². The van der Waals surface area contributed by atoms with Crippen molar-refractivity contribution < 1.29 is 9.52 Å². The first-order valence-electron chi connectivity index (χ1n) is 9.17. The fourth-order valence-electron chi connectivity index (χ4n) is 3.26. The maximum atomic E-state index is 12.3. The number of phenols is 1. The average Bonchev–Trinajstić information content (AvgIpc) is 3.23. The van der Waals surface area contributed by atoms with Crippen molar-refractivity contribution in [1.82, 2.24) is 4.98 Å². The Morgan fingerprint density at radius 2 is 1.81 bits per heavy atom. The fraction of sp³-hybridized carbons (Fsp3) is 0. The number of anilines is 1. The van der Waals surface area contributed by atoms with E-state index in [4.69, 9.17) is 4.42 Å². The number of rotatable bonds is 4. The fourth-order valence-corrected chi connectivity index (χ4v) is 3.92. The van der Waals surface area contributed by atoms with Gasteiger partial charge in [0.1, 0.15) is 11.3 Å². The molecule has 154 valence electrons. The molecule has 0 aliphatic heterocycles. The van der Waals surface area contributed by atoms with Crippen LogP contribution in [0.25, 0.3) is 33.0 Å². The maximum Gasteiger partial charge on any atom is 0.345 e. The molecule has 0 amide bonds. The number of halogens is 1. The van der Waals surface area contributed by atoms with Crippen LogP contribution >= 0.6 is 28.3 Å². The SMILES string of the molecule is Br.O=c1oc2ccccc2cc1-c1csc(N/N=C/c2c(O)ccc3ccccc23)n1. The van der Waals surface area contributed by atoms with Gasteiger partial charge in [-0.25, -0.2) is 9.78 Å². The molecule has 0 aliphatic carbocycles. The standard InChI is InChI=1S/C23H15N3O3S.BrH/c27-20-10-9-14-5-1-3-7-16(14)18(20)12-24-26-23-25-19(13-30-23)17-11-15-6-2-4-8-21(15)29-22(17)28;/h1-13,27H,(H,25,26);1H/b24-12+;. The zero-order chi connectivity index (χ0) is 20.5. The molecular weight excluding hydrogens is 478 g/mol. The molecule has 0 saturated heterocycles. The van der Waals surface area contributed by atoms with Crippen molar-refractivity contribution in [1.29, 1.82) is 0 Å². The molecule has 0 fully saturated rings. The predicted octanol–water partition coefficient (Wildman–Crippen LogP) is 5.80. The molecule has 2 heterocycles. The molecule has 0 saturated carbocycles. The summed E-state index contributed by atoms with van der Waals surface area (Å²) in [4.78, 5) is 16.8. The van der Waals surface area contributed by atoms with Crippen LogP contribution in [0.2, 0.25) is 0 Å². The molecule has 5 rings (SSSR count). The van der Waals surface area contributed by atoms with Crippen LogP contribution in [0.4, 0.5) is 5.13 Å². The summed E-state index contributed by atoms with van der Waals surface area (Å²) in [5.41, 5.74) is 4.50. The Labute approximate surface area is 191 Å². The Kier molecular flexibility index (Phi) is 5.83. The summed E-state index contributed by atoms with van der Waals surface area (Å²) in [6.45, 7) is 0. The number of nitrogens with zero attached hydrogens (tertiary/aromatic N) is 2. The van der Waals surface area contributed by atoms with E-state index in [2.05, 4.69) is 15.5 Å². The molecule has 8 heteroatoms. The van der Waals surface area contributed by atoms with E-state index in [1.165, 1.54) is 11.3 Å². The molecule has 2 aromatic heterocycles. The third kappa shape index (κ3) is 4.08. The first kappa shape index (κ1) is 20.8. The summed E-state index contributed by atoms with van der Waals surface area (Å²) in [6.07, 6.45) is 1.56. The normalized spacial score (nSPS) is 11.1. The van der Waals surface area contributed by atoms with Crippen LogP contribution in [-0.2, 0) is 0 Å². The minimum absolute atomic E-state index is 0. The van der Waals surface area contributed by atoms with E-state index in [-0.39, 0.29) is 22.7 Å². The lowest BCUT2D eigenvalue weighted by molar-refractivity contribution is 0.475. The summed E-state index contributed by atoms with van der Waals surface area (Å²) >= 11 is 1.32. The molecule has 5 aromatic rings. The number of aromatic nitrogens is 1. The first-order chi connectivity index (χ1) is 14.7. The molecule has 31 heavy (non-hydrogen) atoms. The number of fused-ring (bicyclic) bond motifs is 2. The summed E-state index contributed by atoms with van der Waals surface area (Å²) < 4.78 is 5.38. The largest absolute Gasteiger partial charge is 0.507 e. The van der Waals surface area contributed by atoms with E-state index in [1.807, 2.05) is 48.5 Å². The van der Waals surface area contributed by atoms with Gasteiger partial charge in [0.15, 0.2) is 0 Å². The van der Waals surface area contributed by atoms with Gasteiger partial charge in [-0.3, -0.25) is 5.43 Å². The van der Waals surface area contributed by atoms with Crippen molar-refractivity contribution in [3.05, 3.63) is 88.1 Å². The van der Waals surface area contributed by atoms with E-state index >= 15 is 0 Å². The smallest absolute Gasteiger partial charge is 0.345 e. The zero-order valence-corrected chi connectivity index (χ0v) is 18.5. The van der Waals surface area contributed by atoms with Crippen LogP contribution < -0.4 is 11.1 Å². The highest BCUT2D eigenvalue weighted by molar-refractivity contribution is 8.93. The van der Waals surface area contributed by atoms with Gasteiger partial charge in [-0.2, -0.15) is 5.10 Å². The Morgan fingerprint density at radius 1 is 1.03 bits per heavy atom. The van der Waals surface area contributed by atoms with Gasteiger partial charge in [-0.15, -0.1) is 28.3 Å². The molecule has 0 spiro atoms. The molecule has 0 atom stereocenters. The van der Waals surface area contributed by atoms with Crippen molar-refractivity contribution in [2.75, 3.05) is 5.43 Å². The van der Waals surface area contributed by atoms with Gasteiger partial charge in [0.05, 0.1) is 17.5 Å². The average molecular weight is 494 g/mol. The highest BCUT2D eigenvalue weighted by atomic mass is 79.9. The number of aromatic hydroxyl groups is 1. The quantitative estimate of drug-likeness (QED) is 0.187. The van der Waals surface area contributed by atoms with Crippen molar-refractivity contribution in [3.63, 3.8) is 0 Å². The van der Waals surface area contributed by atoms with E-state index in [9.17, 15) is 9.90 Å². The molecule has 6 nitrogen and oxygen atoms in total. The van der Waals surface area contributed by atoms with Gasteiger partial charge in [-0.1, -0.05) is 48.5 Å². The number of para-hydroxylation sites is 1. The van der Waals surface area contributed by atoms with Crippen LogP contribution in [0, 0.1) is 0 Å². The number of thiazole rings is 1. The van der Waals surface area contributed by atoms with Crippen LogP contribution in [0.15, 0.2) is 86.4 Å². The lowest BCUT2D eigenvalue weighted by Gasteiger charge is -2.04. The zero-order valence-electron chi connectivity index (χ0n) is 16.0. The van der Waals surface area contributed by atoms with E-state index < -0.39 is 5.63 Å². The monoisotopic (exact) mass is 493 g/mol. The minimum Gasteiger partial charge on any atom is -0.507 e. The van der Waals surface area contributed by atoms with Crippen molar-refractivity contribution in [2.45, 2.75) is 0 Å². The highest BCUT2D eigenvalue weighted by Gasteiger charge is 2.11. The van der Waals surface area contributed by atoms with E-state index in [0.29, 0.717) is 27.5 Å². The molecular formula is C23H16BrN3O3S. The Bertz CT molecular complexity index is 1480. The Hall–Kier alpha value is -3.49. The number of hydrogen-bond donors (Lipinski definition) is 2. The van der Waals surface area contributed by atoms with Gasteiger partial charge in [0, 0.05) is 16.3 Å². The van der Waals surface area contributed by atoms with Gasteiger partial charge < -0.3 is 9.52 Å². The van der Waals surface area contributed by atoms with Gasteiger partial charge in [0.25, 0.3) is 0 Å². The second kappa shape index (κ2) is 8.71. The number of phenolic OH excluding ortho intramolecular Hbond substituents is 1. The Balaban J connectivity index is 0.00000231. The highest BCUT2D eigenvalue weighted by Crippen LogP contribution is 2.27. The van der Waals surface area contributed by atoms with Crippen molar-refractivity contribution >= 4 is 61.4 Å². The number of benzene rings is 3. The second-order valence-corrected chi connectivity index (χ2v) is 7.47. The lowest BCUT2D eigenvalue weighted by Crippen LogP contribution is -2.02. The number of hydrazone groups is 1. The lowest BCUT2D eigenvalue weighted by atomic mass is 10.0. The van der Waals surface area contributed by atoms with Gasteiger partial charge in [0.2, 0.25) is 5.13 Å². The number of hydrogen-bond acceptors (Lipinski definition) is 7. The summed E-state index contributed by atoms with van der Waals surface area (Å²) in [5.74, 6) is 0.146. The van der Waals surface area contributed by atoms with E-state index in [1.54, 1.807) is 29.8 Å². The minimum atomic E-state index is -0.435. The van der Waals surface area contributed by atoms with Crippen LogP contribution in [0.5, 0.6) is 5.75 Å². The van der Waals surface area contributed by atoms with Crippen molar-refractivity contribution in [2.24, 2.45) is 5.10 Å². The summed E-state index contributed by atoms with van der Waals surface area (Å²) in [5, 5.41) is 19.4. The summed E-state index contributed by atoms with van der Waals surface area (Å²) in [6, 6.07) is 20.4. The molecule has 0 aliphatic rings. The van der Waals surface area contributed by atoms with Crippen LogP contribution in [-0.4, -0.2) is 16.3 Å². The molecule has 2 N–H and O–H groups in total. The van der Waals surface area contributed by atoms with Gasteiger partial charge in [-0.05, 0) is 29.0 Å². The molecule has 0 unspecified atom stereocenters. The van der Waals surface area contributed by atoms with Gasteiger partial charge >= 0.3 is 5.63 Å². The molecule has 0 bridgehead atoms. The molecule has 0 radical (unpaired) electrons. The summed E-state index contributed by atoms with van der Waals surface area (Å²) in [7, 11) is 0. The van der Waals surface area contributed by atoms with Crippen LogP contribution in [0.1, 0.15) is 5.56 Å². The first-order valence-corrected chi connectivity index (χ1v) is 10.1. The maximum absolute atomic E-state index is 12.3. The Morgan fingerprint density at radius 3 is 2.68 bits per heavy atom. The molecule has 3 aromatic carbocycles. The number of nitrogens with one attached hydrogen (secondary N) is 1.